The molecule has 1 amide bonds. The molecule has 44 heavy (non-hydrogen) atoms. The molecule has 3 N–H and O–H groups in total. The van der Waals surface area contributed by atoms with Crippen LogP contribution >= 0.6 is 7.37 Å². The van der Waals surface area contributed by atoms with Gasteiger partial charge in [0.1, 0.15) is 17.1 Å². The van der Waals surface area contributed by atoms with Crippen LogP contribution in [-0.2, 0) is 28.0 Å². The molecule has 1 atom stereocenters. The predicted octanol–water partition coefficient (Wildman–Crippen LogP) is 5.83. The lowest BCUT2D eigenvalue weighted by molar-refractivity contribution is -0.137. The molecule has 4 aromatic rings. The van der Waals surface area contributed by atoms with Crippen molar-refractivity contribution >= 4 is 36.4 Å². The van der Waals surface area contributed by atoms with Gasteiger partial charge in [-0.25, -0.2) is 9.97 Å². The van der Waals surface area contributed by atoms with Crippen molar-refractivity contribution in [2.75, 3.05) is 37.6 Å². The Labute approximate surface area is 250 Å². The van der Waals surface area contributed by atoms with Crippen LogP contribution in [0, 0.1) is 0 Å². The van der Waals surface area contributed by atoms with Crippen LogP contribution in [-0.4, -0.2) is 57.6 Å². The highest BCUT2D eigenvalue weighted by atomic mass is 31.2. The zero-order chi connectivity index (χ0) is 31.5. The summed E-state index contributed by atoms with van der Waals surface area (Å²) >= 11 is 0. The number of hydrogen-bond donors (Lipinski definition) is 3. The molecule has 232 valence electrons. The van der Waals surface area contributed by atoms with E-state index in [2.05, 4.69) is 36.0 Å². The van der Waals surface area contributed by atoms with Gasteiger partial charge in [-0.2, -0.15) is 23.3 Å². The van der Waals surface area contributed by atoms with E-state index in [1.54, 1.807) is 48.3 Å². The summed E-state index contributed by atoms with van der Waals surface area (Å²) in [5.74, 6) is -1.06. The zero-order valence-corrected chi connectivity index (χ0v) is 25.0. The lowest BCUT2D eigenvalue weighted by atomic mass is 10.1. The van der Waals surface area contributed by atoms with Crippen molar-refractivity contribution in [2.24, 2.45) is 0 Å². The number of ether oxygens (including phenoxy) is 1. The van der Waals surface area contributed by atoms with Gasteiger partial charge in [0.25, 0.3) is 5.91 Å². The van der Waals surface area contributed by atoms with Gasteiger partial charge in [-0.3, -0.25) is 14.0 Å². The molecule has 16 heteroatoms. The molecule has 1 aromatic carbocycles. The van der Waals surface area contributed by atoms with Crippen LogP contribution < -0.4 is 20.7 Å². The van der Waals surface area contributed by atoms with E-state index in [0.29, 0.717) is 53.6 Å². The average molecular weight is 631 g/mol. The van der Waals surface area contributed by atoms with Crippen molar-refractivity contribution in [3.63, 3.8) is 0 Å². The number of nitrogens with one attached hydrogen (secondary N) is 3. The number of alkyl halides is 3. The normalized spacial score (nSPS) is 17.1. The molecule has 4 aliphatic rings. The summed E-state index contributed by atoms with van der Waals surface area (Å²) in [4.78, 5) is 25.2. The number of pyridine rings is 1. The van der Waals surface area contributed by atoms with Gasteiger partial charge in [0.05, 0.1) is 37.0 Å². The number of carbonyl (C=O) groups excluding carboxylic acids is 1. The largest absolute Gasteiger partial charge is 0.495 e. The first-order valence-corrected chi connectivity index (χ1v) is 15.6. The third-order valence-corrected chi connectivity index (χ3v) is 9.35. The smallest absolute Gasteiger partial charge is 0.421 e. The SMILES string of the molecule is CCP1(=O)Cc2ccc(c(OC)c2)Nc2ncc(C(F)(F)F)c(n2)Nc2ccc(nc2C(=O)NC)-c2cnn(c2)CCCO1. The highest BCUT2D eigenvalue weighted by Crippen LogP contribution is 2.50. The minimum atomic E-state index is -4.81. The Bertz CT molecular complexity index is 1730. The molecule has 0 saturated heterocycles. The first-order valence-electron chi connectivity index (χ1n) is 13.7. The number of halogens is 3. The number of nitrogens with zero attached hydrogens (tertiary/aromatic N) is 5. The molecule has 8 bridgehead atoms. The van der Waals surface area contributed by atoms with Crippen molar-refractivity contribution in [1.82, 2.24) is 30.0 Å². The van der Waals surface area contributed by atoms with E-state index < -0.39 is 30.8 Å². The van der Waals surface area contributed by atoms with Crippen LogP contribution in [0.5, 0.6) is 5.75 Å². The van der Waals surface area contributed by atoms with Gasteiger partial charge in [0, 0.05) is 43.9 Å². The number of aryl methyl sites for hydroxylation is 1. The Morgan fingerprint density at radius 1 is 1.16 bits per heavy atom. The second-order valence-electron chi connectivity index (χ2n) is 9.88. The van der Waals surface area contributed by atoms with Crippen molar-refractivity contribution < 1.29 is 31.8 Å². The standard InChI is InChI=1S/C28H30F3N8O4P/c1-4-44(41)16-17-6-7-21(23(12-17)42-3)37-27-33-14-19(28(29,30)31)25(38-27)36-22-9-8-20(35-24(22)26(40)32-2)18-13-34-39(15-18)10-5-11-43-44/h6-9,12-15H,4-5,10-11,16H2,1-3H3,(H,32,40)(H2,33,36,37,38). The summed E-state index contributed by atoms with van der Waals surface area (Å²) in [6.07, 6.45) is 0.162. The van der Waals surface area contributed by atoms with E-state index in [-0.39, 0.29) is 30.1 Å². The molecular formula is C28H30F3N8O4P. The number of amides is 1. The topological polar surface area (TPSA) is 145 Å². The number of anilines is 4. The fraction of sp³-hybridized carbons (Fsp3) is 0.321. The van der Waals surface area contributed by atoms with Crippen LogP contribution in [0.3, 0.4) is 0 Å². The van der Waals surface area contributed by atoms with Gasteiger partial charge in [0.2, 0.25) is 13.3 Å². The summed E-state index contributed by atoms with van der Waals surface area (Å²) in [5.41, 5.74) is 0.731. The zero-order valence-electron chi connectivity index (χ0n) is 24.1. The molecule has 4 aliphatic heterocycles. The number of hydrogen-bond acceptors (Lipinski definition) is 10. The fourth-order valence-corrected chi connectivity index (χ4v) is 6.26. The third-order valence-electron chi connectivity index (χ3n) is 6.89. The number of rotatable bonds is 3. The van der Waals surface area contributed by atoms with Crippen LogP contribution in [0.25, 0.3) is 11.3 Å². The molecule has 0 fully saturated rings. The van der Waals surface area contributed by atoms with E-state index in [1.165, 1.54) is 20.2 Å². The highest BCUT2D eigenvalue weighted by molar-refractivity contribution is 7.58. The Hall–Kier alpha value is -4.49. The van der Waals surface area contributed by atoms with E-state index >= 15 is 0 Å². The predicted molar refractivity (Wildman–Crippen MR) is 158 cm³/mol. The summed E-state index contributed by atoms with van der Waals surface area (Å²) < 4.78 is 68.7. The third kappa shape index (κ3) is 6.84. The second kappa shape index (κ2) is 12.6. The minimum absolute atomic E-state index is 0.00257. The minimum Gasteiger partial charge on any atom is -0.495 e. The molecular weight excluding hydrogens is 600 g/mol. The Morgan fingerprint density at radius 3 is 2.68 bits per heavy atom. The van der Waals surface area contributed by atoms with E-state index in [9.17, 15) is 22.5 Å². The molecule has 8 rings (SSSR count). The number of benzene rings is 1. The Balaban J connectivity index is 1.63. The summed E-state index contributed by atoms with van der Waals surface area (Å²) in [6, 6.07) is 8.04. The van der Waals surface area contributed by atoms with Gasteiger partial charge < -0.3 is 25.2 Å². The van der Waals surface area contributed by atoms with Crippen molar-refractivity contribution in [3.05, 3.63) is 65.7 Å². The molecule has 0 spiro atoms. The van der Waals surface area contributed by atoms with Gasteiger partial charge >= 0.3 is 6.18 Å². The maximum absolute atomic E-state index is 14.0. The maximum atomic E-state index is 14.0. The lowest BCUT2D eigenvalue weighted by Gasteiger charge is -2.19. The van der Waals surface area contributed by atoms with Gasteiger partial charge in [-0.15, -0.1) is 0 Å². The first kappa shape index (κ1) is 31.0. The van der Waals surface area contributed by atoms with Crippen LogP contribution in [0.2, 0.25) is 0 Å². The highest BCUT2D eigenvalue weighted by Gasteiger charge is 2.36. The average Bonchev–Trinajstić information content (AvgIpc) is 3.48. The molecule has 0 radical (unpaired) electrons. The Kier molecular flexibility index (Phi) is 8.88. The second-order valence-corrected chi connectivity index (χ2v) is 12.7. The van der Waals surface area contributed by atoms with Gasteiger partial charge in [-0.05, 0) is 36.2 Å². The Morgan fingerprint density at radius 2 is 1.95 bits per heavy atom. The van der Waals surface area contributed by atoms with E-state index in [4.69, 9.17) is 9.26 Å². The van der Waals surface area contributed by atoms with E-state index in [1.807, 2.05) is 0 Å². The lowest BCUT2D eigenvalue weighted by Crippen LogP contribution is -2.21. The van der Waals surface area contributed by atoms with Crippen molar-refractivity contribution in [2.45, 2.75) is 32.2 Å². The number of carbonyl (C=O) groups is 1. The molecule has 0 aliphatic carbocycles. The number of aromatic nitrogens is 5. The van der Waals surface area contributed by atoms with Crippen molar-refractivity contribution in [3.8, 4) is 17.0 Å². The first-order chi connectivity index (χ1) is 21.0. The number of methoxy groups -OCH3 is 1. The van der Waals surface area contributed by atoms with E-state index in [0.717, 1.165) is 0 Å². The summed E-state index contributed by atoms with van der Waals surface area (Å²) in [6.45, 7) is 2.52. The molecule has 7 heterocycles. The summed E-state index contributed by atoms with van der Waals surface area (Å²) in [5, 5.41) is 12.3. The quantitative estimate of drug-likeness (QED) is 0.237. The molecule has 12 nitrogen and oxygen atoms in total. The van der Waals surface area contributed by atoms with Crippen molar-refractivity contribution in [1.29, 1.82) is 0 Å². The van der Waals surface area contributed by atoms with Gasteiger partial charge in [-0.1, -0.05) is 13.0 Å². The molecule has 0 saturated carbocycles. The monoisotopic (exact) mass is 630 g/mol. The molecule has 1 unspecified atom stereocenters. The maximum Gasteiger partial charge on any atom is 0.421 e. The summed E-state index contributed by atoms with van der Waals surface area (Å²) in [7, 11) is -0.209. The van der Waals surface area contributed by atoms with Crippen LogP contribution in [0.4, 0.5) is 36.3 Å². The van der Waals surface area contributed by atoms with Crippen LogP contribution in [0.1, 0.15) is 35.0 Å². The van der Waals surface area contributed by atoms with Gasteiger partial charge in [0.15, 0.2) is 5.69 Å². The van der Waals surface area contributed by atoms with Crippen LogP contribution in [0.15, 0.2) is 48.9 Å². The molecule has 3 aromatic heterocycles. The fourth-order valence-electron chi connectivity index (χ4n) is 4.54.